The van der Waals surface area contributed by atoms with Crippen molar-refractivity contribution in [2.75, 3.05) is 18.4 Å². The van der Waals surface area contributed by atoms with E-state index in [9.17, 15) is 4.79 Å². The van der Waals surface area contributed by atoms with Gasteiger partial charge in [0, 0.05) is 37.9 Å². The number of likely N-dealkylation sites (tertiary alicyclic amines) is 1. The minimum absolute atomic E-state index is 0. The van der Waals surface area contributed by atoms with Crippen molar-refractivity contribution in [2.24, 2.45) is 0 Å². The standard InChI is InChI=1S/C20H23ClN4O2.2ClH/c1-14-3-2-4-16(9-14)12-25-8-7-17(13-25)23-20-18(21)10-15(11-22-20)5-6-19(26)24-27;;/h2-6,9-11,17,27H,7-8,12-13H2,1H3,(H,22,23)(H,24,26);2*1H/b6-5+;;/t17-;;/m1../s1. The number of nitrogens with one attached hydrogen (secondary N) is 2. The molecule has 3 N–H and O–H groups in total. The second kappa shape index (κ2) is 12.0. The first-order chi connectivity index (χ1) is 13.0. The molecule has 158 valence electrons. The molecular formula is C20H25Cl3N4O2. The first-order valence-corrected chi connectivity index (χ1v) is 9.23. The molecule has 2 heterocycles. The van der Waals surface area contributed by atoms with Crippen molar-refractivity contribution < 1.29 is 10.0 Å². The van der Waals surface area contributed by atoms with Crippen LogP contribution in [0, 0.1) is 6.92 Å². The summed E-state index contributed by atoms with van der Waals surface area (Å²) in [6.45, 7) is 5.02. The molecule has 0 unspecified atom stereocenters. The number of pyridine rings is 1. The van der Waals surface area contributed by atoms with Crippen molar-refractivity contribution in [3.8, 4) is 0 Å². The molecule has 0 saturated carbocycles. The molecule has 29 heavy (non-hydrogen) atoms. The number of amides is 1. The zero-order valence-corrected chi connectivity index (χ0v) is 18.4. The molecule has 1 amide bonds. The quantitative estimate of drug-likeness (QED) is 0.344. The van der Waals surface area contributed by atoms with E-state index >= 15 is 0 Å². The van der Waals surface area contributed by atoms with Gasteiger partial charge in [-0.1, -0.05) is 41.4 Å². The monoisotopic (exact) mass is 458 g/mol. The molecule has 0 radical (unpaired) electrons. The molecule has 1 aromatic heterocycles. The Morgan fingerprint density at radius 2 is 2.17 bits per heavy atom. The van der Waals surface area contributed by atoms with Crippen LogP contribution in [0.15, 0.2) is 42.6 Å². The van der Waals surface area contributed by atoms with E-state index in [1.165, 1.54) is 28.8 Å². The molecule has 1 aliphatic rings. The second-order valence-electron chi connectivity index (χ2n) is 6.76. The summed E-state index contributed by atoms with van der Waals surface area (Å²) in [5.41, 5.74) is 4.83. The molecule has 6 nitrogen and oxygen atoms in total. The first kappa shape index (κ1) is 25.2. The molecule has 0 bridgehead atoms. The summed E-state index contributed by atoms with van der Waals surface area (Å²) in [5, 5.41) is 12.4. The van der Waals surface area contributed by atoms with E-state index in [2.05, 4.69) is 46.4 Å². The van der Waals surface area contributed by atoms with Gasteiger partial charge in [0.1, 0.15) is 5.82 Å². The van der Waals surface area contributed by atoms with E-state index in [4.69, 9.17) is 16.8 Å². The molecule has 3 rings (SSSR count). The predicted molar refractivity (Wildman–Crippen MR) is 121 cm³/mol. The summed E-state index contributed by atoms with van der Waals surface area (Å²) in [6, 6.07) is 10.6. The van der Waals surface area contributed by atoms with Gasteiger partial charge in [-0.3, -0.25) is 14.9 Å². The number of anilines is 1. The molecule has 0 aliphatic carbocycles. The summed E-state index contributed by atoms with van der Waals surface area (Å²) in [5.74, 6) is 0.0378. The van der Waals surface area contributed by atoms with Crippen molar-refractivity contribution in [1.82, 2.24) is 15.4 Å². The lowest BCUT2D eigenvalue weighted by Gasteiger charge is -2.18. The van der Waals surface area contributed by atoms with E-state index in [0.29, 0.717) is 22.4 Å². The van der Waals surface area contributed by atoms with Gasteiger partial charge in [-0.25, -0.2) is 10.5 Å². The minimum Gasteiger partial charge on any atom is -0.365 e. The molecule has 1 saturated heterocycles. The zero-order valence-electron chi connectivity index (χ0n) is 16.0. The maximum absolute atomic E-state index is 11.0. The summed E-state index contributed by atoms with van der Waals surface area (Å²) >= 11 is 6.32. The van der Waals surface area contributed by atoms with Crippen LogP contribution in [0.5, 0.6) is 0 Å². The first-order valence-electron chi connectivity index (χ1n) is 8.85. The molecule has 1 aliphatic heterocycles. The number of nitrogens with zero attached hydrogens (tertiary/aromatic N) is 2. The van der Waals surface area contributed by atoms with Crippen LogP contribution in [0.3, 0.4) is 0 Å². The Balaban J connectivity index is 0.00000210. The van der Waals surface area contributed by atoms with Gasteiger partial charge in [0.25, 0.3) is 5.91 Å². The van der Waals surface area contributed by atoms with Gasteiger partial charge in [-0.15, -0.1) is 24.8 Å². The molecule has 1 atom stereocenters. The van der Waals surface area contributed by atoms with E-state index < -0.39 is 5.91 Å². The van der Waals surface area contributed by atoms with Crippen LogP contribution in [0.25, 0.3) is 6.08 Å². The molecular weight excluding hydrogens is 435 g/mol. The van der Waals surface area contributed by atoms with Crippen LogP contribution >= 0.6 is 36.4 Å². The van der Waals surface area contributed by atoms with Gasteiger partial charge in [0.15, 0.2) is 0 Å². The third kappa shape index (κ3) is 7.49. The fourth-order valence-electron chi connectivity index (χ4n) is 3.22. The molecule has 1 aromatic carbocycles. The number of carbonyl (C=O) groups excluding carboxylic acids is 1. The molecule has 2 aromatic rings. The van der Waals surface area contributed by atoms with Crippen molar-refractivity contribution in [1.29, 1.82) is 0 Å². The van der Waals surface area contributed by atoms with Crippen LogP contribution < -0.4 is 10.8 Å². The van der Waals surface area contributed by atoms with Gasteiger partial charge >= 0.3 is 0 Å². The Morgan fingerprint density at radius 3 is 2.86 bits per heavy atom. The van der Waals surface area contributed by atoms with Gasteiger partial charge in [-0.05, 0) is 36.6 Å². The molecule has 9 heteroatoms. The highest BCUT2D eigenvalue weighted by atomic mass is 35.5. The van der Waals surface area contributed by atoms with Crippen molar-refractivity contribution >= 4 is 54.2 Å². The summed E-state index contributed by atoms with van der Waals surface area (Å²) < 4.78 is 0. The van der Waals surface area contributed by atoms with Crippen molar-refractivity contribution in [3.05, 3.63) is 64.3 Å². The van der Waals surface area contributed by atoms with Crippen LogP contribution in [0.1, 0.15) is 23.1 Å². The lowest BCUT2D eigenvalue weighted by molar-refractivity contribution is -0.124. The SMILES string of the molecule is Cc1cccc(CN2CC[C@@H](Nc3ncc(/C=C/C(=O)NO)cc3Cl)C2)c1.Cl.Cl. The zero-order chi connectivity index (χ0) is 19.2. The van der Waals surface area contributed by atoms with E-state index in [0.717, 1.165) is 26.1 Å². The Morgan fingerprint density at radius 1 is 1.38 bits per heavy atom. The number of hydrogen-bond donors (Lipinski definition) is 3. The average molecular weight is 460 g/mol. The maximum atomic E-state index is 11.0. The van der Waals surface area contributed by atoms with Gasteiger partial charge < -0.3 is 5.32 Å². The van der Waals surface area contributed by atoms with E-state index in [1.807, 2.05) is 0 Å². The maximum Gasteiger partial charge on any atom is 0.267 e. The highest BCUT2D eigenvalue weighted by Gasteiger charge is 2.23. The smallest absolute Gasteiger partial charge is 0.267 e. The number of hydrogen-bond acceptors (Lipinski definition) is 5. The topological polar surface area (TPSA) is 77.5 Å². The van der Waals surface area contributed by atoms with E-state index in [-0.39, 0.29) is 24.8 Å². The average Bonchev–Trinajstić information content (AvgIpc) is 3.08. The van der Waals surface area contributed by atoms with Gasteiger partial charge in [0.2, 0.25) is 0 Å². The predicted octanol–water partition coefficient (Wildman–Crippen LogP) is 4.09. The lowest BCUT2D eigenvalue weighted by Crippen LogP contribution is -2.26. The van der Waals surface area contributed by atoms with Crippen molar-refractivity contribution in [3.63, 3.8) is 0 Å². The lowest BCUT2D eigenvalue weighted by atomic mass is 10.1. The Hall–Kier alpha value is -1.83. The summed E-state index contributed by atoms with van der Waals surface area (Å²) in [4.78, 5) is 17.8. The van der Waals surface area contributed by atoms with Crippen molar-refractivity contribution in [2.45, 2.75) is 25.9 Å². The van der Waals surface area contributed by atoms with Crippen LogP contribution in [-0.2, 0) is 11.3 Å². The number of rotatable bonds is 6. The number of halogens is 3. The number of aryl methyl sites for hydroxylation is 1. The highest BCUT2D eigenvalue weighted by molar-refractivity contribution is 6.33. The molecule has 1 fully saturated rings. The van der Waals surface area contributed by atoms with Crippen LogP contribution in [0.4, 0.5) is 5.82 Å². The fraction of sp³-hybridized carbons (Fsp3) is 0.300. The van der Waals surface area contributed by atoms with Crippen LogP contribution in [0.2, 0.25) is 5.02 Å². The minimum atomic E-state index is -0.604. The fourth-order valence-corrected chi connectivity index (χ4v) is 3.44. The van der Waals surface area contributed by atoms with Crippen LogP contribution in [-0.4, -0.2) is 40.1 Å². The highest BCUT2D eigenvalue weighted by Crippen LogP contribution is 2.24. The van der Waals surface area contributed by atoms with Gasteiger partial charge in [0.05, 0.1) is 5.02 Å². The number of benzene rings is 1. The van der Waals surface area contributed by atoms with Gasteiger partial charge in [-0.2, -0.15) is 0 Å². The Kier molecular flexibility index (Phi) is 10.4. The number of aromatic nitrogens is 1. The third-order valence-corrected chi connectivity index (χ3v) is 4.79. The van der Waals surface area contributed by atoms with E-state index in [1.54, 1.807) is 12.3 Å². The normalized spacial score (nSPS) is 16.2. The Labute approximate surface area is 188 Å². The molecule has 0 spiro atoms. The Bertz CT molecular complexity index is 848. The summed E-state index contributed by atoms with van der Waals surface area (Å²) in [6.07, 6.45) is 5.41. The second-order valence-corrected chi connectivity index (χ2v) is 7.17. The summed E-state index contributed by atoms with van der Waals surface area (Å²) in [7, 11) is 0. The largest absolute Gasteiger partial charge is 0.365 e. The third-order valence-electron chi connectivity index (χ3n) is 4.50. The number of hydroxylamine groups is 1. The number of carbonyl (C=O) groups is 1.